The summed E-state index contributed by atoms with van der Waals surface area (Å²) < 4.78 is 45.6. The maximum absolute atomic E-state index is 14.8. The van der Waals surface area contributed by atoms with Crippen LogP contribution in [0.25, 0.3) is 22.0 Å². The normalized spacial score (nSPS) is 21.9. The number of methoxy groups -OCH3 is 1. The van der Waals surface area contributed by atoms with Crippen LogP contribution in [0.15, 0.2) is 61.2 Å². The van der Waals surface area contributed by atoms with Crippen molar-refractivity contribution in [1.82, 2.24) is 25.2 Å². The van der Waals surface area contributed by atoms with Gasteiger partial charge in [0.25, 0.3) is 5.91 Å². The zero-order chi connectivity index (χ0) is 44.7. The van der Waals surface area contributed by atoms with Crippen molar-refractivity contribution in [2.75, 3.05) is 31.6 Å². The summed E-state index contributed by atoms with van der Waals surface area (Å²) in [5.41, 5.74) is -0.714. The third kappa shape index (κ3) is 10.1. The topological polar surface area (TPSA) is 186 Å². The minimum absolute atomic E-state index is 0.0141. The molecule has 1 aromatic heterocycles. The minimum Gasteiger partial charge on any atom is -0.497 e. The van der Waals surface area contributed by atoms with Gasteiger partial charge in [-0.25, -0.2) is 18.2 Å². The second-order valence-corrected chi connectivity index (χ2v) is 20.2. The maximum atomic E-state index is 14.8. The fourth-order valence-electron chi connectivity index (χ4n) is 7.79. The molecule has 3 fully saturated rings. The summed E-state index contributed by atoms with van der Waals surface area (Å²) in [6.07, 6.45) is 0.924. The Labute approximate surface area is 359 Å². The van der Waals surface area contributed by atoms with Crippen molar-refractivity contribution in [2.24, 2.45) is 11.3 Å². The van der Waals surface area contributed by atoms with E-state index in [-0.39, 0.29) is 25.3 Å². The highest BCUT2D eigenvalue weighted by molar-refractivity contribution is 7.91. The Bertz CT molecular complexity index is 2280. The number of likely N-dealkylation sites (tertiary alicyclic amines) is 1. The van der Waals surface area contributed by atoms with E-state index in [0.29, 0.717) is 29.7 Å². The number of nitrogens with zero attached hydrogens (tertiary/aromatic N) is 3. The van der Waals surface area contributed by atoms with Crippen molar-refractivity contribution in [1.29, 1.82) is 0 Å². The fourth-order valence-corrected chi connectivity index (χ4v) is 9.16. The third-order valence-electron chi connectivity index (χ3n) is 11.4. The molecule has 5 atom stereocenters. The molecular weight excluding hydrogens is 801 g/mol. The molecule has 1 saturated heterocycles. The summed E-state index contributed by atoms with van der Waals surface area (Å²) in [7, 11) is -2.34. The van der Waals surface area contributed by atoms with E-state index in [1.54, 1.807) is 54.7 Å². The van der Waals surface area contributed by atoms with E-state index in [1.807, 2.05) is 42.5 Å². The Hall–Kier alpha value is -5.38. The molecule has 0 bridgehead atoms. The number of pyridine rings is 1. The van der Waals surface area contributed by atoms with Gasteiger partial charge in [-0.05, 0) is 101 Å². The van der Waals surface area contributed by atoms with E-state index >= 15 is 0 Å². The van der Waals surface area contributed by atoms with Gasteiger partial charge in [-0.2, -0.15) is 0 Å². The van der Waals surface area contributed by atoms with Crippen molar-refractivity contribution in [3.63, 3.8) is 0 Å². The molecule has 0 radical (unpaired) electrons. The Kier molecular flexibility index (Phi) is 12.7. The minimum atomic E-state index is -3.93. The van der Waals surface area contributed by atoms with Gasteiger partial charge in [0.15, 0.2) is 0 Å². The van der Waals surface area contributed by atoms with Crippen LogP contribution in [-0.2, 0) is 29.1 Å². The lowest BCUT2D eigenvalue weighted by atomic mass is 9.85. The Morgan fingerprint density at radius 3 is 2.25 bits per heavy atom. The Morgan fingerprint density at radius 1 is 1.02 bits per heavy atom. The van der Waals surface area contributed by atoms with Crippen LogP contribution in [-0.4, -0.2) is 103 Å². The quantitative estimate of drug-likeness (QED) is 0.159. The molecule has 15 nitrogen and oxygen atoms in total. The Morgan fingerprint density at radius 2 is 1.69 bits per heavy atom. The molecule has 3 aromatic rings. The zero-order valence-electron chi connectivity index (χ0n) is 36.7. The van der Waals surface area contributed by atoms with Gasteiger partial charge >= 0.3 is 6.09 Å². The van der Waals surface area contributed by atoms with Crippen LogP contribution in [0.3, 0.4) is 0 Å². The van der Waals surface area contributed by atoms with Crippen LogP contribution in [0.5, 0.6) is 11.6 Å². The van der Waals surface area contributed by atoms with E-state index in [1.165, 1.54) is 11.0 Å². The van der Waals surface area contributed by atoms with E-state index in [2.05, 4.69) is 40.7 Å². The first kappa shape index (κ1) is 45.2. The van der Waals surface area contributed by atoms with Gasteiger partial charge in [0.2, 0.25) is 27.7 Å². The number of fused-ring (bicyclic) bond motifs is 1. The number of anilines is 1. The number of rotatable bonds is 15. The van der Waals surface area contributed by atoms with Gasteiger partial charge in [0.05, 0.1) is 24.6 Å². The van der Waals surface area contributed by atoms with Crippen molar-refractivity contribution in [2.45, 2.75) is 116 Å². The second-order valence-electron chi connectivity index (χ2n) is 18.2. The van der Waals surface area contributed by atoms with Gasteiger partial charge in [0, 0.05) is 42.1 Å². The summed E-state index contributed by atoms with van der Waals surface area (Å²) >= 11 is 0. The number of benzene rings is 2. The molecule has 16 heteroatoms. The largest absolute Gasteiger partial charge is 0.497 e. The van der Waals surface area contributed by atoms with E-state index in [4.69, 9.17) is 19.2 Å². The van der Waals surface area contributed by atoms with Crippen LogP contribution in [0, 0.1) is 11.3 Å². The number of hydrogen-bond acceptors (Lipinski definition) is 11. The lowest BCUT2D eigenvalue weighted by molar-refractivity contribution is -0.143. The van der Waals surface area contributed by atoms with Crippen LogP contribution in [0.1, 0.15) is 81.1 Å². The van der Waals surface area contributed by atoms with Gasteiger partial charge in [-0.3, -0.25) is 19.1 Å². The van der Waals surface area contributed by atoms with Gasteiger partial charge < -0.3 is 34.6 Å². The van der Waals surface area contributed by atoms with Crippen molar-refractivity contribution in [3.05, 3.63) is 61.2 Å². The molecule has 2 aliphatic carbocycles. The van der Waals surface area contributed by atoms with Crippen molar-refractivity contribution >= 4 is 50.3 Å². The number of alkyl carbamates (subject to hydrolysis) is 1. The average molecular weight is 861 g/mol. The van der Waals surface area contributed by atoms with Crippen molar-refractivity contribution < 1.29 is 41.8 Å². The SMILES string of the molecule is C=CC1CC1(NC(=O)C1CC(Oc2nc(-c3ccc(N(CC)CC)cc3)cc3cc(OC)ccc23)CN1C(=O)C(NC(=O)OC(C)(C)C)C(C)(C)C)C(=O)NS(=O)(=O)C1CC1. The summed E-state index contributed by atoms with van der Waals surface area (Å²) in [5.74, 6) is -1.74. The number of ether oxygens (including phenoxy) is 3. The molecule has 6 rings (SSSR count). The standard InChI is InChI=1S/C45H60N6O9S/c1-11-29-25-45(29,41(54)49-61(56,57)33-19-20-33)48-38(52)36-24-32(26-51(36)40(53)37(43(4,5)6)47-42(55)60-44(7,8)9)59-39-34-21-18-31(58-10)22-28(34)23-35(46-39)27-14-16-30(17-15-27)50(12-2)13-3/h11,14-18,21-23,29,32-33,36-37H,1,12-13,19-20,24-26H2,2-10H3,(H,47,55)(H,48,52)(H,49,54). The summed E-state index contributed by atoms with van der Waals surface area (Å²) in [6.45, 7) is 20.2. The summed E-state index contributed by atoms with van der Waals surface area (Å²) in [5, 5.41) is 6.37. The average Bonchev–Trinajstić information content (AvgIpc) is 4.13. The monoisotopic (exact) mass is 860 g/mol. The molecule has 0 spiro atoms. The highest BCUT2D eigenvalue weighted by atomic mass is 32.2. The number of aromatic nitrogens is 1. The van der Waals surface area contributed by atoms with Crippen LogP contribution < -0.4 is 29.7 Å². The first-order chi connectivity index (χ1) is 28.6. The molecule has 330 valence electrons. The van der Waals surface area contributed by atoms with E-state index in [9.17, 15) is 27.6 Å². The number of carbonyl (C=O) groups excluding carboxylic acids is 4. The van der Waals surface area contributed by atoms with Gasteiger partial charge in [0.1, 0.15) is 35.1 Å². The van der Waals surface area contributed by atoms with E-state index < -0.39 is 79.7 Å². The number of hydrogen-bond donors (Lipinski definition) is 3. The molecule has 4 amide bonds. The highest BCUT2D eigenvalue weighted by Gasteiger charge is 2.62. The number of nitrogens with one attached hydrogen (secondary N) is 3. The number of amides is 4. The highest BCUT2D eigenvalue weighted by Crippen LogP contribution is 2.46. The molecule has 3 aliphatic rings. The maximum Gasteiger partial charge on any atom is 0.408 e. The van der Waals surface area contributed by atoms with Crippen LogP contribution >= 0.6 is 0 Å². The lowest BCUT2D eigenvalue weighted by Crippen LogP contribution is -2.60. The molecule has 5 unspecified atom stereocenters. The van der Waals surface area contributed by atoms with Gasteiger partial charge in [-0.1, -0.05) is 39.0 Å². The third-order valence-corrected chi connectivity index (χ3v) is 13.3. The first-order valence-electron chi connectivity index (χ1n) is 20.9. The molecular formula is C45H60N6O9S. The predicted octanol–water partition coefficient (Wildman–Crippen LogP) is 5.71. The van der Waals surface area contributed by atoms with Gasteiger partial charge in [-0.15, -0.1) is 6.58 Å². The molecule has 1 aliphatic heterocycles. The molecule has 61 heavy (non-hydrogen) atoms. The first-order valence-corrected chi connectivity index (χ1v) is 22.5. The van der Waals surface area contributed by atoms with Crippen LogP contribution in [0.2, 0.25) is 0 Å². The summed E-state index contributed by atoms with van der Waals surface area (Å²) in [6, 6.07) is 13.2. The van der Waals surface area contributed by atoms with Crippen molar-refractivity contribution in [3.8, 4) is 22.9 Å². The number of carbonyl (C=O) groups is 4. The van der Waals surface area contributed by atoms with Crippen LogP contribution in [0.4, 0.5) is 10.5 Å². The second kappa shape index (κ2) is 17.2. The molecule has 2 saturated carbocycles. The van der Waals surface area contributed by atoms with E-state index in [0.717, 1.165) is 29.7 Å². The smallest absolute Gasteiger partial charge is 0.408 e. The zero-order valence-corrected chi connectivity index (χ0v) is 37.5. The molecule has 3 N–H and O–H groups in total. The molecule has 2 heterocycles. The predicted molar refractivity (Wildman–Crippen MR) is 234 cm³/mol. The lowest BCUT2D eigenvalue weighted by Gasteiger charge is -2.36. The molecule has 2 aromatic carbocycles. The fraction of sp³-hybridized carbons (Fsp3) is 0.533. The number of sulfonamides is 1. The summed E-state index contributed by atoms with van der Waals surface area (Å²) in [4.78, 5) is 64.7. The Balaban J connectivity index is 1.35.